The first kappa shape index (κ1) is 29.0. The Hall–Kier alpha value is -3.48. The van der Waals surface area contributed by atoms with Crippen LogP contribution in [-0.4, -0.2) is 50.9 Å². The minimum atomic E-state index is -4.56. The molecule has 9 nitrogen and oxygen atoms in total. The van der Waals surface area contributed by atoms with E-state index in [2.05, 4.69) is 27.6 Å². The Kier molecular flexibility index (Phi) is 8.35. The van der Waals surface area contributed by atoms with Crippen molar-refractivity contribution >= 4 is 40.6 Å². The number of carbonyl (C=O) groups excluding carboxylic acids is 1. The van der Waals surface area contributed by atoms with Crippen molar-refractivity contribution in [3.63, 3.8) is 0 Å². The third kappa shape index (κ3) is 6.09. The van der Waals surface area contributed by atoms with Gasteiger partial charge in [-0.3, -0.25) is 9.59 Å². The SMILES string of the molecule is CCc1c(C=C2CN[C@H](CC)C2)c(=O)n2nc(C3=CCOCC3)nc2n1CC(=O)Nc1ccc(C(F)(F)F)cc1Cl. The Morgan fingerprint density at radius 2 is 2.12 bits per heavy atom. The Morgan fingerprint density at radius 1 is 1.32 bits per heavy atom. The molecule has 5 rings (SSSR count). The minimum Gasteiger partial charge on any atom is -0.377 e. The van der Waals surface area contributed by atoms with Crippen molar-refractivity contribution in [3.05, 3.63) is 67.9 Å². The Bertz CT molecular complexity index is 1610. The number of nitrogens with one attached hydrogen (secondary N) is 2. The number of ether oxygens (including phenoxy) is 1. The predicted octanol–water partition coefficient (Wildman–Crippen LogP) is 4.72. The molecule has 0 radical (unpaired) electrons. The summed E-state index contributed by atoms with van der Waals surface area (Å²) in [5, 5.41) is 10.3. The van der Waals surface area contributed by atoms with Crippen LogP contribution in [0.15, 0.2) is 34.6 Å². The highest BCUT2D eigenvalue weighted by atomic mass is 35.5. The van der Waals surface area contributed by atoms with E-state index in [0.717, 1.165) is 42.2 Å². The normalized spacial score (nSPS) is 18.7. The second kappa shape index (κ2) is 11.8. The maximum absolute atomic E-state index is 13.8. The van der Waals surface area contributed by atoms with Crippen molar-refractivity contribution in [1.29, 1.82) is 0 Å². The standard InChI is InChI=1S/C28H30ClF3N6O3/c1-3-19-11-16(14-33-19)12-20-23(4-2)37(15-24(39)34-22-6-5-18(13-21(22)29)28(30,31)32)27-35-25(36-38(27)26(20)40)17-7-9-41-10-8-17/h5-7,12-13,19,33H,3-4,8-11,14-15H2,1-2H3,(H,34,39)/t19-/m1/s1. The Labute approximate surface area is 239 Å². The minimum absolute atomic E-state index is 0.0410. The van der Waals surface area contributed by atoms with Crippen LogP contribution in [0.3, 0.4) is 0 Å². The molecule has 2 N–H and O–H groups in total. The van der Waals surface area contributed by atoms with Crippen LogP contribution in [0.4, 0.5) is 18.9 Å². The molecule has 0 aliphatic carbocycles. The summed E-state index contributed by atoms with van der Waals surface area (Å²) in [5.74, 6) is 0.0285. The molecule has 13 heteroatoms. The van der Waals surface area contributed by atoms with E-state index < -0.39 is 17.6 Å². The summed E-state index contributed by atoms with van der Waals surface area (Å²) in [6.45, 7) is 5.28. The van der Waals surface area contributed by atoms with Gasteiger partial charge in [-0.15, -0.1) is 5.10 Å². The van der Waals surface area contributed by atoms with E-state index in [1.807, 2.05) is 19.1 Å². The number of rotatable bonds is 7. The second-order valence-electron chi connectivity index (χ2n) is 10.0. The van der Waals surface area contributed by atoms with Crippen LogP contribution in [0.1, 0.15) is 55.8 Å². The summed E-state index contributed by atoms with van der Waals surface area (Å²) in [6, 6.07) is 3.06. The van der Waals surface area contributed by atoms with E-state index in [9.17, 15) is 22.8 Å². The Balaban J connectivity index is 1.57. The largest absolute Gasteiger partial charge is 0.416 e. The monoisotopic (exact) mass is 590 g/mol. The van der Waals surface area contributed by atoms with Crippen molar-refractivity contribution < 1.29 is 22.7 Å². The van der Waals surface area contributed by atoms with Crippen LogP contribution < -0.4 is 16.2 Å². The van der Waals surface area contributed by atoms with Gasteiger partial charge in [0.2, 0.25) is 11.7 Å². The number of aromatic nitrogens is 4. The van der Waals surface area contributed by atoms with Gasteiger partial charge in [0.15, 0.2) is 5.82 Å². The van der Waals surface area contributed by atoms with E-state index in [0.29, 0.717) is 55.7 Å². The number of halogens is 4. The van der Waals surface area contributed by atoms with Gasteiger partial charge in [0.25, 0.3) is 5.56 Å². The van der Waals surface area contributed by atoms with Gasteiger partial charge in [0.1, 0.15) is 6.54 Å². The number of amides is 1. The summed E-state index contributed by atoms with van der Waals surface area (Å²) in [6.07, 6.45) is 1.94. The maximum atomic E-state index is 13.8. The van der Waals surface area contributed by atoms with Crippen molar-refractivity contribution in [2.24, 2.45) is 0 Å². The van der Waals surface area contributed by atoms with Crippen molar-refractivity contribution in [1.82, 2.24) is 24.5 Å². The van der Waals surface area contributed by atoms with Gasteiger partial charge in [-0.1, -0.05) is 37.1 Å². The van der Waals surface area contributed by atoms with Crippen molar-refractivity contribution in [2.45, 2.75) is 58.3 Å². The third-order valence-corrected chi connectivity index (χ3v) is 7.63. The van der Waals surface area contributed by atoms with Crippen molar-refractivity contribution in [3.8, 4) is 0 Å². The molecule has 1 amide bonds. The second-order valence-corrected chi connectivity index (χ2v) is 10.4. The molecule has 0 unspecified atom stereocenters. The van der Waals surface area contributed by atoms with E-state index in [1.54, 1.807) is 4.57 Å². The number of nitrogens with zero attached hydrogens (tertiary/aromatic N) is 4. The zero-order valence-corrected chi connectivity index (χ0v) is 23.4. The molecule has 41 heavy (non-hydrogen) atoms. The summed E-state index contributed by atoms with van der Waals surface area (Å²) < 4.78 is 47.4. The zero-order chi connectivity index (χ0) is 29.3. The van der Waals surface area contributed by atoms with Gasteiger partial charge in [-0.05, 0) is 55.5 Å². The summed E-state index contributed by atoms with van der Waals surface area (Å²) in [4.78, 5) is 31.7. The molecule has 1 atom stereocenters. The highest BCUT2D eigenvalue weighted by Crippen LogP contribution is 2.34. The molecule has 4 heterocycles. The first-order valence-electron chi connectivity index (χ1n) is 13.5. The molecule has 218 valence electrons. The van der Waals surface area contributed by atoms with Gasteiger partial charge in [0.05, 0.1) is 35.1 Å². The fourth-order valence-electron chi connectivity index (χ4n) is 5.14. The number of hydrogen-bond acceptors (Lipinski definition) is 6. The fraction of sp³-hybridized carbons (Fsp3) is 0.429. The van der Waals surface area contributed by atoms with Gasteiger partial charge in [0, 0.05) is 18.3 Å². The summed E-state index contributed by atoms with van der Waals surface area (Å²) in [5.41, 5.74) is 1.73. The van der Waals surface area contributed by atoms with E-state index in [4.69, 9.17) is 16.3 Å². The quantitative estimate of drug-likeness (QED) is 0.413. The van der Waals surface area contributed by atoms with Crippen LogP contribution in [0.5, 0.6) is 0 Å². The van der Waals surface area contributed by atoms with Crippen LogP contribution >= 0.6 is 11.6 Å². The molecular formula is C28H30ClF3N6O3. The van der Waals surface area contributed by atoms with Crippen LogP contribution in [0.2, 0.25) is 5.02 Å². The van der Waals surface area contributed by atoms with E-state index in [1.165, 1.54) is 4.52 Å². The highest BCUT2D eigenvalue weighted by Gasteiger charge is 2.31. The molecule has 2 aliphatic heterocycles. The Morgan fingerprint density at radius 3 is 2.76 bits per heavy atom. The number of benzene rings is 1. The highest BCUT2D eigenvalue weighted by molar-refractivity contribution is 6.33. The van der Waals surface area contributed by atoms with Crippen LogP contribution in [0.25, 0.3) is 17.4 Å². The molecule has 1 fully saturated rings. The van der Waals surface area contributed by atoms with Gasteiger partial charge in [-0.2, -0.15) is 22.7 Å². The average Bonchev–Trinajstić information content (AvgIpc) is 3.60. The average molecular weight is 591 g/mol. The number of alkyl halides is 3. The smallest absolute Gasteiger partial charge is 0.377 e. The number of hydrogen-bond donors (Lipinski definition) is 2. The molecule has 1 saturated heterocycles. The molecule has 2 aliphatic rings. The topological polar surface area (TPSA) is 103 Å². The van der Waals surface area contributed by atoms with Gasteiger partial charge < -0.3 is 19.9 Å². The van der Waals surface area contributed by atoms with E-state index >= 15 is 0 Å². The van der Waals surface area contributed by atoms with Crippen LogP contribution in [0, 0.1) is 0 Å². The maximum Gasteiger partial charge on any atom is 0.416 e. The lowest BCUT2D eigenvalue weighted by Crippen LogP contribution is -2.29. The van der Waals surface area contributed by atoms with Crippen molar-refractivity contribution in [2.75, 3.05) is 25.1 Å². The lowest BCUT2D eigenvalue weighted by atomic mass is 10.1. The molecule has 0 bridgehead atoms. The third-order valence-electron chi connectivity index (χ3n) is 7.32. The van der Waals surface area contributed by atoms with Gasteiger partial charge in [-0.25, -0.2) is 0 Å². The molecule has 3 aromatic rings. The van der Waals surface area contributed by atoms with Gasteiger partial charge >= 0.3 is 6.18 Å². The predicted molar refractivity (Wildman–Crippen MR) is 150 cm³/mol. The lowest BCUT2D eigenvalue weighted by Gasteiger charge is -2.17. The summed E-state index contributed by atoms with van der Waals surface area (Å²) in [7, 11) is 0. The first-order chi connectivity index (χ1) is 19.6. The number of carbonyl (C=O) groups is 1. The molecule has 0 saturated carbocycles. The molecular weight excluding hydrogens is 561 g/mol. The zero-order valence-electron chi connectivity index (χ0n) is 22.6. The fourth-order valence-corrected chi connectivity index (χ4v) is 5.37. The first-order valence-corrected chi connectivity index (χ1v) is 13.9. The molecule has 0 spiro atoms. The molecule has 2 aromatic heterocycles. The summed E-state index contributed by atoms with van der Waals surface area (Å²) >= 11 is 6.07. The van der Waals surface area contributed by atoms with Crippen LogP contribution in [-0.2, 0) is 28.7 Å². The lowest BCUT2D eigenvalue weighted by molar-refractivity contribution is -0.137. The number of fused-ring (bicyclic) bond motifs is 1. The molecule has 1 aromatic carbocycles. The number of anilines is 1. The van der Waals surface area contributed by atoms with E-state index in [-0.39, 0.29) is 28.6 Å².